The number of fused-ring (bicyclic) bond motifs is 3. The van der Waals surface area contributed by atoms with E-state index in [0.29, 0.717) is 57.2 Å². The highest BCUT2D eigenvalue weighted by Crippen LogP contribution is 2.75. The standard InChI is InChI=1S/C51H72N2O8/c1-35(40-14-13-36(2)46(57)53-47(4,23-27-60-6)31-39-11-8-10-38(29-39)30-40)9-7-12-42(34-61-28-26-55)43-16-18-50-45-44(37(3)33-56)41(32-49(50,58)21-24-52-5)15-17-48(45,22-25-54)19-20-51(43,50)59/h7-13,15,17,19-20,29,33,40-41,43,45-46,52-55,57-59H,1,14,16,18,21-28,30-32,34H2,2-6H3/b9-7+,36-13+,42-12-,44-37-/t40-,41+,43-,45-,46+,47-,48-,49+,50-,51+/m0/s1. The lowest BCUT2D eigenvalue weighted by atomic mass is 9.37. The van der Waals surface area contributed by atoms with Crippen molar-refractivity contribution in [2.45, 2.75) is 102 Å². The predicted octanol–water partition coefficient (Wildman–Crippen LogP) is 5.62. The number of hydrogen-bond acceptors (Lipinski definition) is 10. The summed E-state index contributed by atoms with van der Waals surface area (Å²) in [6.07, 6.45) is 21.5. The molecule has 1 aliphatic heterocycles. The highest BCUT2D eigenvalue weighted by atomic mass is 16.5. The van der Waals surface area contributed by atoms with Crippen LogP contribution in [0, 0.1) is 34.5 Å². The van der Waals surface area contributed by atoms with E-state index in [1.165, 1.54) is 11.1 Å². The summed E-state index contributed by atoms with van der Waals surface area (Å²) in [6.45, 7) is 11.7. The molecule has 1 aromatic rings. The maximum absolute atomic E-state index is 13.6. The number of ether oxygens (including phenoxy) is 2. The summed E-state index contributed by atoms with van der Waals surface area (Å²) < 4.78 is 11.4. The maximum atomic E-state index is 13.6. The van der Waals surface area contributed by atoms with Crippen LogP contribution in [0.15, 0.2) is 107 Å². The van der Waals surface area contributed by atoms with E-state index in [4.69, 9.17) is 9.47 Å². The smallest absolute Gasteiger partial charge is 0.145 e. The van der Waals surface area contributed by atoms with Crippen molar-refractivity contribution in [3.8, 4) is 0 Å². The molecule has 10 heteroatoms. The molecule has 1 aromatic carbocycles. The fourth-order valence-electron chi connectivity index (χ4n) is 12.1. The van der Waals surface area contributed by atoms with Crippen LogP contribution in [-0.4, -0.2) is 109 Å². The molecule has 5 aliphatic rings. The van der Waals surface area contributed by atoms with Gasteiger partial charge in [-0.15, -0.1) is 0 Å². The van der Waals surface area contributed by atoms with Crippen molar-refractivity contribution in [2.75, 3.05) is 53.7 Å². The zero-order valence-electron chi connectivity index (χ0n) is 37.2. The number of allylic oxidation sites excluding steroid dienone is 10. The summed E-state index contributed by atoms with van der Waals surface area (Å²) in [6, 6.07) is 8.66. The Balaban J connectivity index is 1.37. The molecule has 1 spiro atoms. The Labute approximate surface area is 363 Å². The molecule has 6 rings (SSSR count). The first kappa shape index (κ1) is 47.2. The first-order chi connectivity index (χ1) is 29.2. The number of aldehydes is 1. The van der Waals surface area contributed by atoms with Crippen molar-refractivity contribution >= 4 is 6.29 Å². The van der Waals surface area contributed by atoms with Gasteiger partial charge in [0.2, 0.25) is 0 Å². The molecule has 0 saturated heterocycles. The molecule has 7 N–H and O–H groups in total. The molecule has 2 fully saturated rings. The van der Waals surface area contributed by atoms with Gasteiger partial charge in [-0.05, 0) is 126 Å². The van der Waals surface area contributed by atoms with E-state index >= 15 is 0 Å². The molecule has 0 unspecified atom stereocenters. The fraction of sp³-hybridized carbons (Fsp3) is 0.588. The maximum Gasteiger partial charge on any atom is 0.145 e. The van der Waals surface area contributed by atoms with Gasteiger partial charge in [-0.2, -0.15) is 0 Å². The minimum atomic E-state index is -1.53. The van der Waals surface area contributed by atoms with Gasteiger partial charge in [0, 0.05) is 54.4 Å². The first-order valence-corrected chi connectivity index (χ1v) is 22.4. The Kier molecular flexibility index (Phi) is 15.2. The van der Waals surface area contributed by atoms with Crippen molar-refractivity contribution in [3.05, 3.63) is 118 Å². The highest BCUT2D eigenvalue weighted by Gasteiger charge is 2.77. The summed E-state index contributed by atoms with van der Waals surface area (Å²) in [5.74, 6) is -0.995. The van der Waals surface area contributed by atoms with Gasteiger partial charge in [0.1, 0.15) is 12.5 Å². The monoisotopic (exact) mass is 841 g/mol. The van der Waals surface area contributed by atoms with E-state index in [1.807, 2.05) is 51.3 Å². The number of carbonyl (C=O) groups excluding carboxylic acids is 1. The quantitative estimate of drug-likeness (QED) is 0.0345. The molecule has 10 nitrogen and oxygen atoms in total. The third-order valence-corrected chi connectivity index (χ3v) is 15.1. The molecule has 61 heavy (non-hydrogen) atoms. The van der Waals surface area contributed by atoms with Crippen molar-refractivity contribution in [1.82, 2.24) is 10.6 Å². The van der Waals surface area contributed by atoms with E-state index in [1.54, 1.807) is 7.11 Å². The van der Waals surface area contributed by atoms with E-state index in [9.17, 15) is 30.3 Å². The molecule has 4 bridgehead atoms. The minimum absolute atomic E-state index is 0.0401. The lowest BCUT2D eigenvalue weighted by Crippen LogP contribution is -2.72. The second-order valence-corrected chi connectivity index (χ2v) is 18.9. The van der Waals surface area contributed by atoms with Crippen LogP contribution in [0.4, 0.5) is 0 Å². The number of rotatable bonds is 17. The summed E-state index contributed by atoms with van der Waals surface area (Å²) in [4.78, 5) is 12.6. The third kappa shape index (κ3) is 9.08. The van der Waals surface area contributed by atoms with E-state index in [2.05, 4.69) is 66.6 Å². The van der Waals surface area contributed by atoms with Gasteiger partial charge in [0.05, 0.1) is 31.0 Å². The minimum Gasteiger partial charge on any atom is -0.396 e. The van der Waals surface area contributed by atoms with Gasteiger partial charge in [0.25, 0.3) is 0 Å². The average Bonchev–Trinajstić information content (AvgIpc) is 3.56. The van der Waals surface area contributed by atoms with Gasteiger partial charge in [-0.1, -0.05) is 90.6 Å². The van der Waals surface area contributed by atoms with Crippen LogP contribution in [0.5, 0.6) is 0 Å². The molecule has 334 valence electrons. The number of methoxy groups -OCH3 is 1. The van der Waals surface area contributed by atoms with Crippen molar-refractivity contribution in [3.63, 3.8) is 0 Å². The van der Waals surface area contributed by atoms with Gasteiger partial charge < -0.3 is 40.3 Å². The third-order valence-electron chi connectivity index (χ3n) is 15.1. The molecule has 0 aromatic heterocycles. The van der Waals surface area contributed by atoms with Crippen LogP contribution in [0.25, 0.3) is 0 Å². The zero-order valence-corrected chi connectivity index (χ0v) is 37.2. The van der Waals surface area contributed by atoms with Gasteiger partial charge in [-0.25, -0.2) is 0 Å². The lowest BCUT2D eigenvalue weighted by Gasteiger charge is -2.68. The fourth-order valence-corrected chi connectivity index (χ4v) is 12.1. The van der Waals surface area contributed by atoms with E-state index < -0.39 is 40.1 Å². The molecule has 1 heterocycles. The number of aliphatic hydroxyl groups excluding tert-OH is 3. The number of nitrogens with one attached hydrogen (secondary N) is 2. The second kappa shape index (κ2) is 19.6. The molecular weight excluding hydrogens is 769 g/mol. The van der Waals surface area contributed by atoms with Gasteiger partial charge in [0.15, 0.2) is 0 Å². The Bertz CT molecular complexity index is 1930. The van der Waals surface area contributed by atoms with Crippen molar-refractivity contribution < 1.29 is 39.8 Å². The predicted molar refractivity (Wildman–Crippen MR) is 240 cm³/mol. The summed E-state index contributed by atoms with van der Waals surface area (Å²) >= 11 is 0. The Morgan fingerprint density at radius 1 is 1.08 bits per heavy atom. The van der Waals surface area contributed by atoms with Crippen LogP contribution in [0.2, 0.25) is 0 Å². The second-order valence-electron chi connectivity index (χ2n) is 18.9. The van der Waals surface area contributed by atoms with Crippen LogP contribution in [0.3, 0.4) is 0 Å². The SMILES string of the molecule is C=C(/C=C/C=C(/COCCO)[C@@H]1CC[C@@]23[C@H]4/C(=C(/C)C=O)[C@H](C=C[C@@]4(CCO)C=C[C@@]12O)C[C@]3(O)CCNC)[C@H]1C/C=C(\C)[C@@H](O)N[C@@](C)(CCOC)Cc2cccc(c2)C1. The average molecular weight is 841 g/mol. The molecular formula is C51H72N2O8. The van der Waals surface area contributed by atoms with Crippen molar-refractivity contribution in [1.29, 1.82) is 0 Å². The van der Waals surface area contributed by atoms with Crippen molar-refractivity contribution in [2.24, 2.45) is 34.5 Å². The molecule has 4 aliphatic carbocycles. The summed E-state index contributed by atoms with van der Waals surface area (Å²) in [5.41, 5.74) is 1.61. The molecule has 0 amide bonds. The van der Waals surface area contributed by atoms with Gasteiger partial charge >= 0.3 is 0 Å². The van der Waals surface area contributed by atoms with Gasteiger partial charge in [-0.3, -0.25) is 10.1 Å². The summed E-state index contributed by atoms with van der Waals surface area (Å²) in [7, 11) is 3.56. The topological polar surface area (TPSA) is 161 Å². The number of carbonyl (C=O) groups is 1. The van der Waals surface area contributed by atoms with Crippen LogP contribution in [0.1, 0.15) is 76.8 Å². The van der Waals surface area contributed by atoms with Crippen LogP contribution in [-0.2, 0) is 27.1 Å². The Morgan fingerprint density at radius 3 is 2.59 bits per heavy atom. The largest absolute Gasteiger partial charge is 0.396 e. The van der Waals surface area contributed by atoms with Crippen LogP contribution < -0.4 is 10.6 Å². The normalized spacial score (nSPS) is 37.7. The Morgan fingerprint density at radius 2 is 1.87 bits per heavy atom. The number of aliphatic hydroxyl groups is 5. The molecule has 0 radical (unpaired) electrons. The van der Waals surface area contributed by atoms with E-state index in [-0.39, 0.29) is 43.8 Å². The number of hydrogen-bond donors (Lipinski definition) is 7. The number of benzene rings is 1. The Hall–Kier alpha value is -3.29. The van der Waals surface area contributed by atoms with E-state index in [0.717, 1.165) is 47.8 Å². The lowest BCUT2D eigenvalue weighted by molar-refractivity contribution is -0.233. The highest BCUT2D eigenvalue weighted by molar-refractivity contribution is 5.75. The summed E-state index contributed by atoms with van der Waals surface area (Å²) in [5, 5.41) is 65.0. The molecule has 2 saturated carbocycles. The van der Waals surface area contributed by atoms with Crippen LogP contribution >= 0.6 is 0 Å². The first-order valence-electron chi connectivity index (χ1n) is 22.4. The molecule has 10 atom stereocenters. The zero-order chi connectivity index (χ0) is 44.1.